The SMILES string of the molecule is CC(C)CCSc1nc2cnc(Cl)nc2s1. The maximum absolute atomic E-state index is 5.72. The minimum atomic E-state index is 0.287. The lowest BCUT2D eigenvalue weighted by molar-refractivity contribution is 0.632. The van der Waals surface area contributed by atoms with Crippen molar-refractivity contribution in [2.75, 3.05) is 5.75 Å². The molecule has 0 amide bonds. The third-order valence-corrected chi connectivity index (χ3v) is 4.35. The fourth-order valence-electron chi connectivity index (χ4n) is 1.14. The fourth-order valence-corrected chi connectivity index (χ4v) is 3.62. The molecule has 16 heavy (non-hydrogen) atoms. The molecule has 0 N–H and O–H groups in total. The first-order chi connectivity index (χ1) is 7.65. The normalized spacial score (nSPS) is 11.5. The highest BCUT2D eigenvalue weighted by Crippen LogP contribution is 2.29. The van der Waals surface area contributed by atoms with Crippen molar-refractivity contribution in [2.24, 2.45) is 5.92 Å². The van der Waals surface area contributed by atoms with Crippen LogP contribution in [0.5, 0.6) is 0 Å². The smallest absolute Gasteiger partial charge is 0.223 e. The Hall–Kier alpha value is -0.390. The Kier molecular flexibility index (Phi) is 4.00. The van der Waals surface area contributed by atoms with Gasteiger partial charge in [0.05, 0.1) is 6.20 Å². The molecule has 0 saturated heterocycles. The van der Waals surface area contributed by atoms with Crippen LogP contribution in [-0.2, 0) is 0 Å². The number of nitrogens with zero attached hydrogens (tertiary/aromatic N) is 3. The molecule has 0 spiro atoms. The van der Waals surface area contributed by atoms with Crippen LogP contribution in [0.15, 0.2) is 10.5 Å². The summed E-state index contributed by atoms with van der Waals surface area (Å²) >= 11 is 9.08. The van der Waals surface area contributed by atoms with E-state index >= 15 is 0 Å². The van der Waals surface area contributed by atoms with Crippen molar-refractivity contribution in [3.63, 3.8) is 0 Å². The highest BCUT2D eigenvalue weighted by Gasteiger charge is 2.07. The van der Waals surface area contributed by atoms with E-state index in [0.29, 0.717) is 0 Å². The summed E-state index contributed by atoms with van der Waals surface area (Å²) in [4.78, 5) is 13.4. The molecule has 0 aromatic carbocycles. The Morgan fingerprint density at radius 2 is 2.25 bits per heavy atom. The number of fused-ring (bicyclic) bond motifs is 1. The third-order valence-electron chi connectivity index (χ3n) is 2.02. The van der Waals surface area contributed by atoms with Gasteiger partial charge in [-0.3, -0.25) is 0 Å². The van der Waals surface area contributed by atoms with E-state index in [1.807, 2.05) is 0 Å². The number of hydrogen-bond donors (Lipinski definition) is 0. The molecule has 0 bridgehead atoms. The molecule has 3 nitrogen and oxygen atoms in total. The first-order valence-electron chi connectivity index (χ1n) is 5.07. The van der Waals surface area contributed by atoms with Crippen LogP contribution in [-0.4, -0.2) is 20.7 Å². The van der Waals surface area contributed by atoms with Crippen LogP contribution >= 0.6 is 34.7 Å². The van der Waals surface area contributed by atoms with Crippen LogP contribution in [0.3, 0.4) is 0 Å². The van der Waals surface area contributed by atoms with Gasteiger partial charge >= 0.3 is 0 Å². The Balaban J connectivity index is 2.08. The maximum Gasteiger partial charge on any atom is 0.223 e. The molecule has 0 saturated carbocycles. The second-order valence-electron chi connectivity index (χ2n) is 3.84. The summed E-state index contributed by atoms with van der Waals surface area (Å²) in [5, 5.41) is 0.287. The van der Waals surface area contributed by atoms with Crippen LogP contribution in [0.1, 0.15) is 20.3 Å². The van der Waals surface area contributed by atoms with E-state index in [0.717, 1.165) is 26.4 Å². The predicted molar refractivity (Wildman–Crippen MR) is 70.4 cm³/mol. The van der Waals surface area contributed by atoms with Gasteiger partial charge in [0.2, 0.25) is 5.28 Å². The van der Waals surface area contributed by atoms with E-state index in [9.17, 15) is 0 Å². The summed E-state index contributed by atoms with van der Waals surface area (Å²) in [6.07, 6.45) is 2.88. The average molecular weight is 274 g/mol. The van der Waals surface area contributed by atoms with E-state index < -0.39 is 0 Å². The van der Waals surface area contributed by atoms with Crippen LogP contribution in [0.25, 0.3) is 10.3 Å². The molecule has 0 atom stereocenters. The zero-order chi connectivity index (χ0) is 11.5. The number of rotatable bonds is 4. The summed E-state index contributed by atoms with van der Waals surface area (Å²) in [7, 11) is 0. The van der Waals surface area contributed by atoms with Crippen molar-refractivity contribution < 1.29 is 0 Å². The van der Waals surface area contributed by atoms with E-state index in [-0.39, 0.29) is 5.28 Å². The van der Waals surface area contributed by atoms with Gasteiger partial charge in [0, 0.05) is 5.75 Å². The first-order valence-corrected chi connectivity index (χ1v) is 7.25. The van der Waals surface area contributed by atoms with Gasteiger partial charge in [-0.05, 0) is 23.9 Å². The molecule has 2 heterocycles. The van der Waals surface area contributed by atoms with Gasteiger partial charge in [0.25, 0.3) is 0 Å². The molecule has 0 aliphatic heterocycles. The van der Waals surface area contributed by atoms with Gasteiger partial charge in [-0.2, -0.15) is 0 Å². The minimum absolute atomic E-state index is 0.287. The van der Waals surface area contributed by atoms with Gasteiger partial charge < -0.3 is 0 Å². The lowest BCUT2D eigenvalue weighted by Gasteiger charge is -2.00. The van der Waals surface area contributed by atoms with Gasteiger partial charge in [0.1, 0.15) is 10.3 Å². The maximum atomic E-state index is 5.72. The zero-order valence-corrected chi connectivity index (χ0v) is 11.5. The Morgan fingerprint density at radius 1 is 1.44 bits per heavy atom. The third kappa shape index (κ3) is 3.06. The average Bonchev–Trinajstić information content (AvgIpc) is 2.58. The number of thioether (sulfide) groups is 1. The van der Waals surface area contributed by atoms with E-state index in [1.54, 1.807) is 29.3 Å². The van der Waals surface area contributed by atoms with Gasteiger partial charge in [-0.15, -0.1) is 0 Å². The lowest BCUT2D eigenvalue weighted by Crippen LogP contribution is -1.88. The molecule has 2 rings (SSSR count). The van der Waals surface area contributed by atoms with Crippen molar-refractivity contribution in [2.45, 2.75) is 24.6 Å². The van der Waals surface area contributed by atoms with Crippen molar-refractivity contribution in [3.05, 3.63) is 11.5 Å². The largest absolute Gasteiger partial charge is 0.226 e. The van der Waals surface area contributed by atoms with Gasteiger partial charge in [-0.1, -0.05) is 36.9 Å². The minimum Gasteiger partial charge on any atom is -0.226 e. The zero-order valence-electron chi connectivity index (χ0n) is 9.11. The number of hydrogen-bond acceptors (Lipinski definition) is 5. The van der Waals surface area contributed by atoms with Crippen LogP contribution < -0.4 is 0 Å². The molecule has 2 aromatic rings. The second kappa shape index (κ2) is 5.29. The molecule has 2 aromatic heterocycles. The van der Waals surface area contributed by atoms with Crippen LogP contribution in [0.2, 0.25) is 5.28 Å². The summed E-state index contributed by atoms with van der Waals surface area (Å²) in [5.74, 6) is 1.83. The number of aromatic nitrogens is 3. The van der Waals surface area contributed by atoms with Crippen molar-refractivity contribution in [1.82, 2.24) is 15.0 Å². The second-order valence-corrected chi connectivity index (χ2v) is 6.50. The topological polar surface area (TPSA) is 38.7 Å². The molecular weight excluding hydrogens is 262 g/mol. The molecule has 6 heteroatoms. The quantitative estimate of drug-likeness (QED) is 0.626. The summed E-state index contributed by atoms with van der Waals surface area (Å²) in [6.45, 7) is 4.45. The highest BCUT2D eigenvalue weighted by atomic mass is 35.5. The van der Waals surface area contributed by atoms with Crippen LogP contribution in [0, 0.1) is 5.92 Å². The molecule has 0 aliphatic rings. The van der Waals surface area contributed by atoms with Crippen molar-refractivity contribution in [3.8, 4) is 0 Å². The molecule has 0 fully saturated rings. The molecule has 0 unspecified atom stereocenters. The Labute approximate surface area is 108 Å². The summed E-state index contributed by atoms with van der Waals surface area (Å²) in [6, 6.07) is 0. The summed E-state index contributed by atoms with van der Waals surface area (Å²) < 4.78 is 1.05. The molecule has 0 aliphatic carbocycles. The van der Waals surface area contributed by atoms with Crippen molar-refractivity contribution >= 4 is 45.0 Å². The van der Waals surface area contributed by atoms with Gasteiger partial charge in [-0.25, -0.2) is 15.0 Å². The number of halogens is 1. The van der Waals surface area contributed by atoms with E-state index in [4.69, 9.17) is 11.6 Å². The number of thiazole rings is 1. The summed E-state index contributed by atoms with van der Waals surface area (Å²) in [5.41, 5.74) is 0.835. The molecule has 86 valence electrons. The first kappa shape index (κ1) is 12.1. The molecule has 0 radical (unpaired) electrons. The van der Waals surface area contributed by atoms with Crippen molar-refractivity contribution in [1.29, 1.82) is 0 Å². The van der Waals surface area contributed by atoms with E-state index in [2.05, 4.69) is 28.8 Å². The predicted octanol–water partition coefficient (Wildman–Crippen LogP) is 3.88. The fraction of sp³-hybridized carbons (Fsp3) is 0.500. The Bertz CT molecular complexity index is 484. The Morgan fingerprint density at radius 3 is 3.00 bits per heavy atom. The highest BCUT2D eigenvalue weighted by molar-refractivity contribution is 8.01. The lowest BCUT2D eigenvalue weighted by atomic mass is 10.2. The van der Waals surface area contributed by atoms with Crippen LogP contribution in [0.4, 0.5) is 0 Å². The van der Waals surface area contributed by atoms with Gasteiger partial charge in [0.15, 0.2) is 4.34 Å². The standard InChI is InChI=1S/C10H12ClN3S2/c1-6(2)3-4-15-10-13-7-5-12-9(11)14-8(7)16-10/h5-6H,3-4H2,1-2H3. The monoisotopic (exact) mass is 273 g/mol. The van der Waals surface area contributed by atoms with E-state index in [1.165, 1.54) is 6.42 Å². The molecular formula is C10H12ClN3S2.